The first-order chi connectivity index (χ1) is 22.4. The lowest BCUT2D eigenvalue weighted by atomic mass is 9.91. The normalized spacial score (nSPS) is 19.8. The molecular weight excluding hydrogens is 616 g/mol. The molecule has 1 aliphatic rings. The third kappa shape index (κ3) is 10.9. The van der Waals surface area contributed by atoms with Crippen molar-refractivity contribution in [1.29, 1.82) is 0 Å². The number of carbonyl (C=O) groups excluding carboxylic acids is 5. The number of benzene rings is 1. The van der Waals surface area contributed by atoms with Gasteiger partial charge in [0.1, 0.15) is 25.2 Å². The van der Waals surface area contributed by atoms with E-state index in [2.05, 4.69) is 10.3 Å². The molecule has 1 saturated heterocycles. The zero-order chi connectivity index (χ0) is 34.5. The van der Waals surface area contributed by atoms with Gasteiger partial charge < -0.3 is 38.5 Å². The third-order valence-electron chi connectivity index (χ3n) is 6.87. The van der Waals surface area contributed by atoms with Crippen molar-refractivity contribution < 1.29 is 57.1 Å². The minimum atomic E-state index is -1.47. The van der Waals surface area contributed by atoms with Crippen LogP contribution in [0.3, 0.4) is 0 Å². The second kappa shape index (κ2) is 17.8. The number of hydrogen-bond donors (Lipinski definition) is 1. The molecule has 2 aromatic rings. The van der Waals surface area contributed by atoms with E-state index in [4.69, 9.17) is 33.2 Å². The minimum absolute atomic E-state index is 0.0907. The number of aromatic nitrogens is 1. The summed E-state index contributed by atoms with van der Waals surface area (Å²) in [6, 6.07) is 8.99. The highest BCUT2D eigenvalue weighted by Gasteiger charge is 2.42. The van der Waals surface area contributed by atoms with E-state index in [-0.39, 0.29) is 36.1 Å². The van der Waals surface area contributed by atoms with E-state index in [0.29, 0.717) is 6.61 Å². The topological polar surface area (TPSA) is 175 Å². The van der Waals surface area contributed by atoms with E-state index >= 15 is 0 Å². The van der Waals surface area contributed by atoms with Gasteiger partial charge in [0.2, 0.25) is 6.79 Å². The van der Waals surface area contributed by atoms with Crippen LogP contribution in [0.2, 0.25) is 0 Å². The average Bonchev–Trinajstić information content (AvgIpc) is 3.07. The van der Waals surface area contributed by atoms with Crippen molar-refractivity contribution in [2.45, 2.75) is 59.3 Å². The lowest BCUT2D eigenvalue weighted by Crippen LogP contribution is -2.47. The molecule has 0 unspecified atom stereocenters. The van der Waals surface area contributed by atoms with Gasteiger partial charge in [-0.2, -0.15) is 0 Å². The Bertz CT molecular complexity index is 1380. The van der Waals surface area contributed by atoms with Crippen LogP contribution in [0.25, 0.3) is 0 Å². The molecule has 1 N–H and O–H groups in total. The Morgan fingerprint density at radius 1 is 1.04 bits per heavy atom. The van der Waals surface area contributed by atoms with Crippen LogP contribution in [0.5, 0.6) is 11.5 Å². The molecule has 1 aromatic heterocycles. The molecule has 1 fully saturated rings. The summed E-state index contributed by atoms with van der Waals surface area (Å²) in [5, 5.41) is 2.47. The predicted octanol–water partition coefficient (Wildman–Crippen LogP) is 2.66. The number of ether oxygens (including phenoxy) is 7. The molecule has 14 nitrogen and oxygen atoms in total. The number of esters is 4. The number of carbonyl (C=O) groups is 5. The molecule has 256 valence electrons. The summed E-state index contributed by atoms with van der Waals surface area (Å²) in [4.78, 5) is 68.9. The van der Waals surface area contributed by atoms with Crippen LogP contribution >= 0.6 is 0 Å². The van der Waals surface area contributed by atoms with E-state index in [1.807, 2.05) is 32.0 Å². The number of rotatable bonds is 14. The number of nitrogens with zero attached hydrogens (tertiary/aromatic N) is 1. The number of nitrogens with one attached hydrogen (secondary N) is 1. The van der Waals surface area contributed by atoms with E-state index in [1.165, 1.54) is 26.3 Å². The van der Waals surface area contributed by atoms with Crippen LogP contribution in [0.4, 0.5) is 0 Å². The second-order valence-electron chi connectivity index (χ2n) is 11.5. The van der Waals surface area contributed by atoms with Gasteiger partial charge >= 0.3 is 23.9 Å². The largest absolute Gasteiger partial charge is 0.493 e. The molecule has 0 spiro atoms. The van der Waals surface area contributed by atoms with E-state index < -0.39 is 73.3 Å². The summed E-state index contributed by atoms with van der Waals surface area (Å²) in [6.45, 7) is 7.55. The summed E-state index contributed by atoms with van der Waals surface area (Å²) in [6.07, 6.45) is -0.846. The van der Waals surface area contributed by atoms with Crippen molar-refractivity contribution in [3.05, 3.63) is 53.9 Å². The molecule has 1 amide bonds. The maximum atomic E-state index is 13.5. The predicted molar refractivity (Wildman–Crippen MR) is 164 cm³/mol. The van der Waals surface area contributed by atoms with Gasteiger partial charge in [0.25, 0.3) is 5.91 Å². The summed E-state index contributed by atoms with van der Waals surface area (Å²) in [5.74, 6) is -5.25. The molecule has 1 aliphatic heterocycles. The maximum absolute atomic E-state index is 13.5. The maximum Gasteiger partial charge on any atom is 0.334 e. The monoisotopic (exact) mass is 658 g/mol. The molecule has 0 aliphatic carbocycles. The molecule has 0 radical (unpaired) electrons. The van der Waals surface area contributed by atoms with Gasteiger partial charge in [-0.3, -0.25) is 14.4 Å². The Balaban J connectivity index is 1.79. The van der Waals surface area contributed by atoms with Crippen LogP contribution < -0.4 is 14.8 Å². The fourth-order valence-corrected chi connectivity index (χ4v) is 4.44. The number of cyclic esters (lactones) is 2. The Hall–Kier alpha value is -4.72. The number of methoxy groups -OCH3 is 1. The van der Waals surface area contributed by atoms with Crippen LogP contribution in [-0.4, -0.2) is 86.7 Å². The summed E-state index contributed by atoms with van der Waals surface area (Å²) in [7, 11) is 1.33. The van der Waals surface area contributed by atoms with Crippen molar-refractivity contribution >= 4 is 29.8 Å². The summed E-state index contributed by atoms with van der Waals surface area (Å²) in [5.41, 5.74) is 0.460. The van der Waals surface area contributed by atoms with Gasteiger partial charge in [0, 0.05) is 18.9 Å². The fraction of sp³-hybridized carbons (Fsp3) is 0.515. The Labute approximate surface area is 273 Å². The second-order valence-corrected chi connectivity index (χ2v) is 11.5. The van der Waals surface area contributed by atoms with Gasteiger partial charge in [-0.25, -0.2) is 14.6 Å². The highest BCUT2D eigenvalue weighted by molar-refractivity contribution is 5.98. The smallest absolute Gasteiger partial charge is 0.334 e. The van der Waals surface area contributed by atoms with Gasteiger partial charge in [-0.1, -0.05) is 58.0 Å². The minimum Gasteiger partial charge on any atom is -0.493 e. The first kappa shape index (κ1) is 36.7. The zero-order valence-corrected chi connectivity index (χ0v) is 27.4. The molecule has 14 heteroatoms. The number of hydrogen-bond acceptors (Lipinski definition) is 13. The lowest BCUT2D eigenvalue weighted by molar-refractivity contribution is -0.176. The first-order valence-corrected chi connectivity index (χ1v) is 15.2. The molecular formula is C33H42N2O12. The van der Waals surface area contributed by atoms with E-state index in [1.54, 1.807) is 26.0 Å². The molecule has 2 heterocycles. The van der Waals surface area contributed by atoms with Gasteiger partial charge in [0.05, 0.1) is 13.0 Å². The van der Waals surface area contributed by atoms with Crippen molar-refractivity contribution in [3.63, 3.8) is 0 Å². The molecule has 0 bridgehead atoms. The SMILES string of the molecule is COc1ccnc(C(=O)N[C@H]2COC(=O)[C@H](Cc3ccccc3)[C@@H](OC(=O)C(C)C)[C@H](C)OC2=O)c1OCOC(=O)COCC(C)C. The highest BCUT2D eigenvalue weighted by atomic mass is 16.7. The van der Waals surface area contributed by atoms with Crippen molar-refractivity contribution in [3.8, 4) is 11.5 Å². The van der Waals surface area contributed by atoms with Crippen LogP contribution in [0.15, 0.2) is 42.6 Å². The summed E-state index contributed by atoms with van der Waals surface area (Å²) >= 11 is 0. The Morgan fingerprint density at radius 2 is 1.77 bits per heavy atom. The number of pyridine rings is 1. The summed E-state index contributed by atoms with van der Waals surface area (Å²) < 4.78 is 37.9. The molecule has 47 heavy (non-hydrogen) atoms. The molecule has 3 rings (SSSR count). The molecule has 4 atom stereocenters. The number of amides is 1. The molecule has 1 aromatic carbocycles. The lowest BCUT2D eigenvalue weighted by Gasteiger charge is -2.29. The van der Waals surface area contributed by atoms with E-state index in [9.17, 15) is 24.0 Å². The van der Waals surface area contributed by atoms with Crippen LogP contribution in [0.1, 0.15) is 50.7 Å². The van der Waals surface area contributed by atoms with Gasteiger partial charge in [-0.05, 0) is 24.8 Å². The average molecular weight is 659 g/mol. The third-order valence-corrected chi connectivity index (χ3v) is 6.87. The van der Waals surface area contributed by atoms with Gasteiger partial charge in [-0.15, -0.1) is 0 Å². The highest BCUT2D eigenvalue weighted by Crippen LogP contribution is 2.30. The fourth-order valence-electron chi connectivity index (χ4n) is 4.44. The Kier molecular flexibility index (Phi) is 13.9. The van der Waals surface area contributed by atoms with Crippen molar-refractivity contribution in [2.75, 3.05) is 33.7 Å². The zero-order valence-electron chi connectivity index (χ0n) is 27.4. The standard InChI is InChI=1S/C33H42N2O12/c1-19(2)15-42-17-26(36)44-18-45-29-25(41-6)12-13-34-27(29)30(37)35-24-16-43-32(39)23(14-22-10-8-7-9-11-22)28(21(5)46-33(24)40)47-31(38)20(3)4/h7-13,19-21,23-24,28H,14-18H2,1-6H3,(H,35,37)/t21-,23+,24-,28-/m0/s1. The van der Waals surface area contributed by atoms with Gasteiger partial charge in [0.15, 0.2) is 29.3 Å². The van der Waals surface area contributed by atoms with Crippen LogP contribution in [-0.2, 0) is 49.3 Å². The van der Waals surface area contributed by atoms with Crippen LogP contribution in [0, 0.1) is 17.8 Å². The van der Waals surface area contributed by atoms with Crippen molar-refractivity contribution in [1.82, 2.24) is 10.3 Å². The van der Waals surface area contributed by atoms with E-state index in [0.717, 1.165) is 5.56 Å². The molecule has 0 saturated carbocycles. The quantitative estimate of drug-likeness (QED) is 0.178. The Morgan fingerprint density at radius 3 is 2.43 bits per heavy atom. The van der Waals surface area contributed by atoms with Crippen molar-refractivity contribution in [2.24, 2.45) is 17.8 Å². The first-order valence-electron chi connectivity index (χ1n) is 15.2.